The van der Waals surface area contributed by atoms with Crippen LogP contribution in [-0.4, -0.2) is 12.6 Å². The SMILES string of the molecule is Clc1ccc(CCNC2CC(c3ccccc3Br)C2)s1. The van der Waals surface area contributed by atoms with Gasteiger partial charge in [-0.15, -0.1) is 11.3 Å². The monoisotopic (exact) mass is 369 g/mol. The second-order valence-electron chi connectivity index (χ2n) is 5.30. The molecule has 0 amide bonds. The van der Waals surface area contributed by atoms with E-state index >= 15 is 0 Å². The number of benzene rings is 1. The van der Waals surface area contributed by atoms with Crippen LogP contribution in [0.5, 0.6) is 0 Å². The molecule has 1 aromatic heterocycles. The van der Waals surface area contributed by atoms with E-state index < -0.39 is 0 Å². The van der Waals surface area contributed by atoms with Crippen molar-refractivity contribution in [2.75, 3.05) is 6.54 Å². The molecule has 1 N–H and O–H groups in total. The molecule has 0 aliphatic heterocycles. The van der Waals surface area contributed by atoms with Crippen molar-refractivity contribution >= 4 is 38.9 Å². The highest BCUT2D eigenvalue weighted by molar-refractivity contribution is 9.10. The predicted molar refractivity (Wildman–Crippen MR) is 90.9 cm³/mol. The molecule has 1 aromatic carbocycles. The van der Waals surface area contributed by atoms with Crippen molar-refractivity contribution in [2.24, 2.45) is 0 Å². The molecule has 0 bridgehead atoms. The molecule has 0 radical (unpaired) electrons. The Kier molecular flexibility index (Phi) is 4.82. The van der Waals surface area contributed by atoms with Crippen LogP contribution in [0.4, 0.5) is 0 Å². The second-order valence-corrected chi connectivity index (χ2v) is 7.95. The molecule has 0 spiro atoms. The fourth-order valence-electron chi connectivity index (χ4n) is 2.73. The van der Waals surface area contributed by atoms with Gasteiger partial charge in [-0.25, -0.2) is 0 Å². The summed E-state index contributed by atoms with van der Waals surface area (Å²) in [5.74, 6) is 0.708. The first-order valence-electron chi connectivity index (χ1n) is 6.94. The molecule has 0 unspecified atom stereocenters. The minimum absolute atomic E-state index is 0.669. The summed E-state index contributed by atoms with van der Waals surface area (Å²) in [5, 5.41) is 3.64. The molecule has 4 heteroatoms. The molecule has 2 aromatic rings. The third-order valence-corrected chi connectivity index (χ3v) is 5.93. The van der Waals surface area contributed by atoms with Crippen molar-refractivity contribution in [1.29, 1.82) is 0 Å². The molecule has 1 fully saturated rings. The molecule has 1 aliphatic carbocycles. The third-order valence-electron chi connectivity index (χ3n) is 3.92. The van der Waals surface area contributed by atoms with E-state index in [1.165, 1.54) is 27.8 Å². The Balaban J connectivity index is 1.41. The molecule has 0 atom stereocenters. The van der Waals surface area contributed by atoms with Crippen LogP contribution in [0.1, 0.15) is 29.2 Å². The number of rotatable bonds is 5. The number of hydrogen-bond acceptors (Lipinski definition) is 2. The summed E-state index contributed by atoms with van der Waals surface area (Å²) in [6, 6.07) is 13.3. The third kappa shape index (κ3) is 3.45. The smallest absolute Gasteiger partial charge is 0.0931 e. The average molecular weight is 371 g/mol. The van der Waals surface area contributed by atoms with Gasteiger partial charge in [-0.2, -0.15) is 0 Å². The van der Waals surface area contributed by atoms with Gasteiger partial charge in [0.15, 0.2) is 0 Å². The van der Waals surface area contributed by atoms with Crippen LogP contribution in [0.2, 0.25) is 4.34 Å². The standard InChI is InChI=1S/C16H17BrClNS/c17-15-4-2-1-3-14(15)11-9-12(10-11)19-8-7-13-5-6-16(18)20-13/h1-6,11-12,19H,7-10H2. The van der Waals surface area contributed by atoms with Gasteiger partial charge in [-0.1, -0.05) is 45.7 Å². The van der Waals surface area contributed by atoms with Crippen molar-refractivity contribution in [3.8, 4) is 0 Å². The molecule has 106 valence electrons. The molecule has 0 saturated heterocycles. The van der Waals surface area contributed by atoms with Crippen molar-refractivity contribution in [3.05, 3.63) is 55.6 Å². The summed E-state index contributed by atoms with van der Waals surface area (Å²) in [4.78, 5) is 1.36. The van der Waals surface area contributed by atoms with Crippen molar-refractivity contribution in [1.82, 2.24) is 5.32 Å². The van der Waals surface area contributed by atoms with E-state index in [-0.39, 0.29) is 0 Å². The summed E-state index contributed by atoms with van der Waals surface area (Å²) in [6.45, 7) is 1.05. The topological polar surface area (TPSA) is 12.0 Å². The van der Waals surface area contributed by atoms with Crippen molar-refractivity contribution < 1.29 is 0 Å². The lowest BCUT2D eigenvalue weighted by atomic mass is 9.76. The summed E-state index contributed by atoms with van der Waals surface area (Å²) >= 11 is 11.3. The number of nitrogens with one attached hydrogen (secondary N) is 1. The fourth-order valence-corrected chi connectivity index (χ4v) is 4.43. The summed E-state index contributed by atoms with van der Waals surface area (Å²) in [7, 11) is 0. The van der Waals surface area contributed by atoms with Crippen LogP contribution in [0.25, 0.3) is 0 Å². The first-order chi connectivity index (χ1) is 9.72. The molecular weight excluding hydrogens is 354 g/mol. The summed E-state index contributed by atoms with van der Waals surface area (Å²) < 4.78 is 2.13. The maximum Gasteiger partial charge on any atom is 0.0931 e. The van der Waals surface area contributed by atoms with Gasteiger partial charge in [0.25, 0.3) is 0 Å². The summed E-state index contributed by atoms with van der Waals surface area (Å²) in [6.07, 6.45) is 3.56. The van der Waals surface area contributed by atoms with Gasteiger partial charge >= 0.3 is 0 Å². The lowest BCUT2D eigenvalue weighted by Gasteiger charge is -2.37. The summed E-state index contributed by atoms with van der Waals surface area (Å²) in [5.41, 5.74) is 1.45. The Morgan fingerprint density at radius 2 is 2.00 bits per heavy atom. The minimum Gasteiger partial charge on any atom is -0.314 e. The Morgan fingerprint density at radius 1 is 1.20 bits per heavy atom. The van der Waals surface area contributed by atoms with E-state index in [0.717, 1.165) is 17.3 Å². The van der Waals surface area contributed by atoms with E-state index in [1.54, 1.807) is 11.3 Å². The van der Waals surface area contributed by atoms with E-state index in [1.807, 2.05) is 6.07 Å². The zero-order chi connectivity index (χ0) is 13.9. The quantitative estimate of drug-likeness (QED) is 0.758. The predicted octanol–water partition coefficient (Wildman–Crippen LogP) is 5.24. The first kappa shape index (κ1) is 14.6. The molecular formula is C16H17BrClNS. The number of hydrogen-bond donors (Lipinski definition) is 1. The van der Waals surface area contributed by atoms with Crippen molar-refractivity contribution in [3.63, 3.8) is 0 Å². The maximum atomic E-state index is 5.94. The van der Waals surface area contributed by atoms with Gasteiger partial charge < -0.3 is 5.32 Å². The van der Waals surface area contributed by atoms with Crippen LogP contribution in [0.15, 0.2) is 40.9 Å². The van der Waals surface area contributed by atoms with Gasteiger partial charge in [0.1, 0.15) is 0 Å². The fraction of sp³-hybridized carbons (Fsp3) is 0.375. The van der Waals surface area contributed by atoms with E-state index in [2.05, 4.69) is 51.6 Å². The largest absolute Gasteiger partial charge is 0.314 e. The molecule has 1 saturated carbocycles. The Morgan fingerprint density at radius 3 is 2.70 bits per heavy atom. The highest BCUT2D eigenvalue weighted by Crippen LogP contribution is 2.39. The first-order valence-corrected chi connectivity index (χ1v) is 8.93. The van der Waals surface area contributed by atoms with Gasteiger partial charge in [-0.05, 0) is 48.9 Å². The highest BCUT2D eigenvalue weighted by atomic mass is 79.9. The molecule has 20 heavy (non-hydrogen) atoms. The molecule has 1 heterocycles. The zero-order valence-electron chi connectivity index (χ0n) is 11.1. The Hall–Kier alpha value is -0.350. The number of thiophene rings is 1. The Labute approximate surface area is 137 Å². The van der Waals surface area contributed by atoms with Gasteiger partial charge in [0, 0.05) is 21.9 Å². The average Bonchev–Trinajstić information content (AvgIpc) is 2.79. The lowest BCUT2D eigenvalue weighted by Crippen LogP contribution is -2.41. The van der Waals surface area contributed by atoms with Crippen LogP contribution in [-0.2, 0) is 6.42 Å². The van der Waals surface area contributed by atoms with Gasteiger partial charge in [-0.3, -0.25) is 0 Å². The second kappa shape index (κ2) is 6.61. The van der Waals surface area contributed by atoms with Crippen molar-refractivity contribution in [2.45, 2.75) is 31.2 Å². The van der Waals surface area contributed by atoms with Gasteiger partial charge in [0.2, 0.25) is 0 Å². The van der Waals surface area contributed by atoms with E-state index in [0.29, 0.717) is 12.0 Å². The molecule has 3 rings (SSSR count). The normalized spacial score (nSPS) is 21.7. The highest BCUT2D eigenvalue weighted by Gasteiger charge is 2.30. The van der Waals surface area contributed by atoms with Crippen LogP contribution >= 0.6 is 38.9 Å². The van der Waals surface area contributed by atoms with Crippen LogP contribution < -0.4 is 5.32 Å². The van der Waals surface area contributed by atoms with Crippen LogP contribution in [0, 0.1) is 0 Å². The zero-order valence-corrected chi connectivity index (χ0v) is 14.3. The Bertz CT molecular complexity index is 577. The van der Waals surface area contributed by atoms with Crippen LogP contribution in [0.3, 0.4) is 0 Å². The maximum absolute atomic E-state index is 5.94. The molecule has 1 aliphatic rings. The molecule has 1 nitrogen and oxygen atoms in total. The van der Waals surface area contributed by atoms with E-state index in [9.17, 15) is 0 Å². The lowest BCUT2D eigenvalue weighted by molar-refractivity contribution is 0.292. The number of halogens is 2. The van der Waals surface area contributed by atoms with Gasteiger partial charge in [0.05, 0.1) is 4.34 Å². The minimum atomic E-state index is 0.669. The van der Waals surface area contributed by atoms with E-state index in [4.69, 9.17) is 11.6 Å².